The Hall–Kier alpha value is -3.17. The van der Waals surface area contributed by atoms with E-state index in [4.69, 9.17) is 9.47 Å². The SMILES string of the molecule is COc1ccc(CN2C(=O)C3C(C(=O)Nc4ccc(Br)cc4)C4C=CC3(O4)C2C(=O)NC2CCCCC2)cc1. The molecule has 0 aromatic heterocycles. The number of ether oxygens (including phenoxy) is 2. The van der Waals surface area contributed by atoms with Gasteiger partial charge in [0.05, 0.1) is 25.0 Å². The minimum Gasteiger partial charge on any atom is -0.497 e. The molecule has 3 heterocycles. The second-order valence-electron chi connectivity index (χ2n) is 10.9. The maximum atomic E-state index is 14.1. The lowest BCUT2D eigenvalue weighted by atomic mass is 9.74. The molecule has 3 aliphatic heterocycles. The van der Waals surface area contributed by atoms with Gasteiger partial charge >= 0.3 is 0 Å². The van der Waals surface area contributed by atoms with E-state index < -0.39 is 29.6 Å². The van der Waals surface area contributed by atoms with Crippen LogP contribution in [-0.2, 0) is 25.7 Å². The van der Waals surface area contributed by atoms with Crippen LogP contribution >= 0.6 is 15.9 Å². The Kier molecular flexibility index (Phi) is 6.97. The lowest BCUT2D eigenvalue weighted by molar-refractivity contribution is -0.142. The Balaban J connectivity index is 1.31. The standard InChI is InChI=1S/C30H32BrN3O5/c1-38-22-13-7-18(8-14-22)17-34-26(28(36)33-20-5-3-2-4-6-20)30-16-15-23(39-30)24(25(30)29(34)37)27(35)32-21-11-9-19(31)10-12-21/h7-16,20,23-26H,2-6,17H2,1H3,(H,32,35)(H,33,36). The van der Waals surface area contributed by atoms with E-state index >= 15 is 0 Å². The molecule has 2 aromatic carbocycles. The molecule has 0 radical (unpaired) electrons. The summed E-state index contributed by atoms with van der Waals surface area (Å²) >= 11 is 3.41. The number of nitrogens with zero attached hydrogens (tertiary/aromatic N) is 1. The molecule has 6 rings (SSSR count). The van der Waals surface area contributed by atoms with Gasteiger partial charge in [0, 0.05) is 22.7 Å². The fraction of sp³-hybridized carbons (Fsp3) is 0.433. The number of benzene rings is 2. The van der Waals surface area contributed by atoms with E-state index in [1.807, 2.05) is 48.6 Å². The molecule has 1 aliphatic carbocycles. The minimum absolute atomic E-state index is 0.0821. The van der Waals surface area contributed by atoms with Crippen LogP contribution in [-0.4, -0.2) is 53.5 Å². The van der Waals surface area contributed by atoms with E-state index in [0.717, 1.165) is 35.7 Å². The number of hydrogen-bond acceptors (Lipinski definition) is 5. The molecule has 2 N–H and O–H groups in total. The topological polar surface area (TPSA) is 97.0 Å². The minimum atomic E-state index is -1.19. The molecule has 3 fully saturated rings. The zero-order chi connectivity index (χ0) is 27.1. The van der Waals surface area contributed by atoms with Gasteiger partial charge in [-0.05, 0) is 54.8 Å². The number of rotatable bonds is 7. The average molecular weight is 595 g/mol. The zero-order valence-electron chi connectivity index (χ0n) is 21.8. The van der Waals surface area contributed by atoms with Gasteiger partial charge in [-0.15, -0.1) is 0 Å². The van der Waals surface area contributed by atoms with Crippen molar-refractivity contribution in [2.24, 2.45) is 11.8 Å². The van der Waals surface area contributed by atoms with Gasteiger partial charge in [0.15, 0.2) is 0 Å². The molecule has 5 atom stereocenters. The molecule has 2 saturated heterocycles. The maximum absolute atomic E-state index is 14.1. The summed E-state index contributed by atoms with van der Waals surface area (Å²) in [7, 11) is 1.60. The Morgan fingerprint density at radius 1 is 1.05 bits per heavy atom. The van der Waals surface area contributed by atoms with E-state index in [9.17, 15) is 14.4 Å². The van der Waals surface area contributed by atoms with Gasteiger partial charge in [0.1, 0.15) is 17.4 Å². The van der Waals surface area contributed by atoms with Crippen molar-refractivity contribution < 1.29 is 23.9 Å². The Labute approximate surface area is 236 Å². The number of anilines is 1. The van der Waals surface area contributed by atoms with Gasteiger partial charge in [-0.1, -0.05) is 59.5 Å². The number of carbonyl (C=O) groups excluding carboxylic acids is 3. The molecule has 8 nitrogen and oxygen atoms in total. The van der Waals surface area contributed by atoms with Gasteiger partial charge in [-0.25, -0.2) is 0 Å². The number of fused-ring (bicyclic) bond motifs is 1. The molecule has 2 aromatic rings. The average Bonchev–Trinajstić information content (AvgIpc) is 3.58. The number of carbonyl (C=O) groups is 3. The van der Waals surface area contributed by atoms with Crippen molar-refractivity contribution in [3.05, 3.63) is 70.7 Å². The highest BCUT2D eigenvalue weighted by Gasteiger charge is 2.72. The Morgan fingerprint density at radius 3 is 2.46 bits per heavy atom. The highest BCUT2D eigenvalue weighted by molar-refractivity contribution is 9.10. The van der Waals surface area contributed by atoms with E-state index in [-0.39, 0.29) is 30.3 Å². The van der Waals surface area contributed by atoms with Crippen molar-refractivity contribution in [2.75, 3.05) is 12.4 Å². The first-order valence-electron chi connectivity index (χ1n) is 13.6. The summed E-state index contributed by atoms with van der Waals surface area (Å²) in [4.78, 5) is 43.3. The van der Waals surface area contributed by atoms with Gasteiger partial charge in [-0.2, -0.15) is 0 Å². The fourth-order valence-electron chi connectivity index (χ4n) is 6.65. The van der Waals surface area contributed by atoms with Crippen LogP contribution in [0.3, 0.4) is 0 Å². The first-order chi connectivity index (χ1) is 18.9. The molecule has 4 aliphatic rings. The van der Waals surface area contributed by atoms with Crippen molar-refractivity contribution in [3.63, 3.8) is 0 Å². The maximum Gasteiger partial charge on any atom is 0.246 e. The van der Waals surface area contributed by atoms with Crippen molar-refractivity contribution >= 4 is 39.3 Å². The smallest absolute Gasteiger partial charge is 0.246 e. The van der Waals surface area contributed by atoms with E-state index in [1.165, 1.54) is 6.42 Å². The third kappa shape index (κ3) is 4.65. The molecule has 3 amide bonds. The monoisotopic (exact) mass is 593 g/mol. The van der Waals surface area contributed by atoms with E-state index in [0.29, 0.717) is 11.4 Å². The summed E-state index contributed by atoms with van der Waals surface area (Å²) < 4.78 is 12.6. The molecule has 1 saturated carbocycles. The van der Waals surface area contributed by atoms with Gasteiger partial charge in [0.2, 0.25) is 17.7 Å². The molecule has 5 unspecified atom stereocenters. The molecule has 1 spiro atoms. The number of likely N-dealkylation sites (tertiary alicyclic amines) is 1. The van der Waals surface area contributed by atoms with Crippen LogP contribution < -0.4 is 15.4 Å². The molecule has 9 heteroatoms. The lowest BCUT2D eigenvalue weighted by Gasteiger charge is -2.34. The van der Waals surface area contributed by atoms with Crippen molar-refractivity contribution in [2.45, 2.75) is 62.4 Å². The van der Waals surface area contributed by atoms with Crippen molar-refractivity contribution in [1.29, 1.82) is 0 Å². The van der Waals surface area contributed by atoms with E-state index in [1.54, 1.807) is 24.1 Å². The van der Waals surface area contributed by atoms with Crippen LogP contribution in [0.5, 0.6) is 5.75 Å². The van der Waals surface area contributed by atoms with Crippen molar-refractivity contribution in [1.82, 2.24) is 10.2 Å². The Morgan fingerprint density at radius 2 is 1.77 bits per heavy atom. The molecule has 204 valence electrons. The highest BCUT2D eigenvalue weighted by atomic mass is 79.9. The van der Waals surface area contributed by atoms with Crippen molar-refractivity contribution in [3.8, 4) is 5.75 Å². The predicted molar refractivity (Wildman–Crippen MR) is 149 cm³/mol. The van der Waals surface area contributed by atoms with Crippen LogP contribution in [0.15, 0.2) is 65.2 Å². The molecular formula is C30H32BrN3O5. The van der Waals surface area contributed by atoms with Crippen LogP contribution in [0, 0.1) is 11.8 Å². The summed E-state index contributed by atoms with van der Waals surface area (Å²) in [6.07, 6.45) is 8.31. The summed E-state index contributed by atoms with van der Waals surface area (Å²) in [6.45, 7) is 0.229. The second-order valence-corrected chi connectivity index (χ2v) is 11.8. The van der Waals surface area contributed by atoms with Gasteiger partial charge < -0.3 is 25.0 Å². The second kappa shape index (κ2) is 10.4. The van der Waals surface area contributed by atoms with Crippen LogP contribution in [0.2, 0.25) is 0 Å². The molecule has 39 heavy (non-hydrogen) atoms. The highest BCUT2D eigenvalue weighted by Crippen LogP contribution is 2.55. The van der Waals surface area contributed by atoms with Crippen LogP contribution in [0.4, 0.5) is 5.69 Å². The first kappa shape index (κ1) is 26.1. The third-order valence-corrected chi connectivity index (χ3v) is 9.03. The number of hydrogen-bond donors (Lipinski definition) is 2. The number of amides is 3. The number of nitrogens with one attached hydrogen (secondary N) is 2. The normalized spacial score (nSPS) is 29.4. The zero-order valence-corrected chi connectivity index (χ0v) is 23.4. The first-order valence-corrected chi connectivity index (χ1v) is 14.4. The third-order valence-electron chi connectivity index (χ3n) is 8.50. The quantitative estimate of drug-likeness (QED) is 0.469. The largest absolute Gasteiger partial charge is 0.497 e. The summed E-state index contributed by atoms with van der Waals surface area (Å²) in [5.41, 5.74) is 0.316. The summed E-state index contributed by atoms with van der Waals surface area (Å²) in [5, 5.41) is 6.18. The Bertz CT molecular complexity index is 1290. The number of halogens is 1. The van der Waals surface area contributed by atoms with Gasteiger partial charge in [0.25, 0.3) is 0 Å². The van der Waals surface area contributed by atoms with Crippen LogP contribution in [0.1, 0.15) is 37.7 Å². The number of methoxy groups -OCH3 is 1. The molecular weight excluding hydrogens is 562 g/mol. The summed E-state index contributed by atoms with van der Waals surface area (Å²) in [5.74, 6) is -1.56. The summed E-state index contributed by atoms with van der Waals surface area (Å²) in [6, 6.07) is 14.0. The predicted octanol–water partition coefficient (Wildman–Crippen LogP) is 4.20. The van der Waals surface area contributed by atoms with E-state index in [2.05, 4.69) is 26.6 Å². The lowest BCUT2D eigenvalue weighted by Crippen LogP contribution is -2.56. The fourth-order valence-corrected chi connectivity index (χ4v) is 6.92. The van der Waals surface area contributed by atoms with Crippen LogP contribution in [0.25, 0.3) is 0 Å². The molecule has 2 bridgehead atoms. The van der Waals surface area contributed by atoms with Gasteiger partial charge in [-0.3, -0.25) is 14.4 Å².